The third kappa shape index (κ3) is 8.89. The van der Waals surface area contributed by atoms with Gasteiger partial charge in [-0.15, -0.1) is 0 Å². The standard InChI is InChI=1S/C73H54N4O/c1-9-29-57(30-10-1)74(58-31-11-2-12-32-58)65-49-55(50-66(53-65)75(59-33-13-3-14-34-59)60-35-15-4-16-36-60)73(69-45-25-27-47-71(69)78-72-48-28-26-46-70(72)73)56-51-67(76(61-37-17-5-18-38-61)62-39-19-6-20-40-62)54-68(52-56)77(63-41-21-7-22-42-63)64-43-23-8-24-44-64/h1-54H. The van der Waals surface area contributed by atoms with Crippen LogP contribution in [0.25, 0.3) is 0 Å². The van der Waals surface area contributed by atoms with Crippen molar-refractivity contribution in [1.82, 2.24) is 0 Å². The van der Waals surface area contributed by atoms with E-state index in [4.69, 9.17) is 4.74 Å². The van der Waals surface area contributed by atoms with Gasteiger partial charge in [0.15, 0.2) is 0 Å². The van der Waals surface area contributed by atoms with Crippen molar-refractivity contribution in [1.29, 1.82) is 0 Å². The highest BCUT2D eigenvalue weighted by Gasteiger charge is 2.47. The SMILES string of the molecule is c1ccc(N(c2ccccc2)c2cc(N(c3ccccc3)c3ccccc3)cc(C3(c4cc(N(c5ccccc5)c5ccccc5)cc(N(c5ccccc5)c5ccccc5)c4)c4ccccc4Oc4ccccc43)c2)cc1. The number of para-hydroxylation sites is 10. The van der Waals surface area contributed by atoms with E-state index in [-0.39, 0.29) is 0 Å². The number of hydrogen-bond donors (Lipinski definition) is 0. The monoisotopic (exact) mass is 1000 g/mol. The molecular formula is C73H54N4O. The third-order valence-corrected chi connectivity index (χ3v) is 14.6. The molecule has 1 aliphatic heterocycles. The molecule has 0 aliphatic carbocycles. The van der Waals surface area contributed by atoms with Gasteiger partial charge in [0.1, 0.15) is 11.5 Å². The summed E-state index contributed by atoms with van der Waals surface area (Å²) in [4.78, 5) is 9.53. The molecule has 13 rings (SSSR count). The van der Waals surface area contributed by atoms with Crippen molar-refractivity contribution in [2.75, 3.05) is 19.6 Å². The molecule has 0 atom stereocenters. The molecular weight excluding hydrogens is 949 g/mol. The fraction of sp³-hybridized carbons (Fsp3) is 0.0137. The molecule has 0 N–H and O–H groups in total. The third-order valence-electron chi connectivity index (χ3n) is 14.6. The zero-order valence-corrected chi connectivity index (χ0v) is 42.9. The molecule has 0 bridgehead atoms. The first-order valence-corrected chi connectivity index (χ1v) is 26.5. The molecule has 0 aromatic heterocycles. The molecule has 0 radical (unpaired) electrons. The smallest absolute Gasteiger partial charge is 0.132 e. The van der Waals surface area contributed by atoms with E-state index in [9.17, 15) is 0 Å². The van der Waals surface area contributed by atoms with Crippen molar-refractivity contribution in [3.8, 4) is 11.5 Å². The van der Waals surface area contributed by atoms with Crippen LogP contribution in [0.4, 0.5) is 68.2 Å². The van der Waals surface area contributed by atoms with E-state index < -0.39 is 5.41 Å². The summed E-state index contributed by atoms with van der Waals surface area (Å²) >= 11 is 0. The zero-order valence-electron chi connectivity index (χ0n) is 42.9. The number of nitrogens with zero attached hydrogens (tertiary/aromatic N) is 4. The van der Waals surface area contributed by atoms with Gasteiger partial charge in [-0.1, -0.05) is 182 Å². The van der Waals surface area contributed by atoms with E-state index in [1.54, 1.807) is 0 Å². The average molecular weight is 1000 g/mol. The average Bonchev–Trinajstić information content (AvgIpc) is 3.70. The summed E-state index contributed by atoms with van der Waals surface area (Å²) in [6, 6.07) is 117. The first-order valence-electron chi connectivity index (χ1n) is 26.5. The Hall–Kier alpha value is -10.4. The normalized spacial score (nSPS) is 12.1. The van der Waals surface area contributed by atoms with E-state index in [0.29, 0.717) is 0 Å². The van der Waals surface area contributed by atoms with Crippen molar-refractivity contribution in [3.63, 3.8) is 0 Å². The second kappa shape index (κ2) is 21.1. The van der Waals surface area contributed by atoms with E-state index in [0.717, 1.165) is 102 Å². The van der Waals surface area contributed by atoms with Crippen molar-refractivity contribution in [3.05, 3.63) is 350 Å². The Labute approximate surface area is 457 Å². The van der Waals surface area contributed by atoms with Crippen LogP contribution in [-0.4, -0.2) is 0 Å². The summed E-state index contributed by atoms with van der Waals surface area (Å²) in [6.07, 6.45) is 0. The maximum Gasteiger partial charge on any atom is 0.132 e. The Morgan fingerprint density at radius 2 is 0.385 bits per heavy atom. The maximum atomic E-state index is 7.10. The lowest BCUT2D eigenvalue weighted by molar-refractivity contribution is 0.434. The fourth-order valence-corrected chi connectivity index (χ4v) is 11.3. The van der Waals surface area contributed by atoms with Gasteiger partial charge < -0.3 is 24.3 Å². The summed E-state index contributed by atoms with van der Waals surface area (Å²) in [5.74, 6) is 1.57. The first kappa shape index (κ1) is 47.4. The highest BCUT2D eigenvalue weighted by Crippen LogP contribution is 2.58. The second-order valence-electron chi connectivity index (χ2n) is 19.3. The van der Waals surface area contributed by atoms with Crippen molar-refractivity contribution in [2.24, 2.45) is 0 Å². The summed E-state index contributed by atoms with van der Waals surface area (Å²) < 4.78 is 7.10. The van der Waals surface area contributed by atoms with E-state index >= 15 is 0 Å². The molecule has 5 nitrogen and oxygen atoms in total. The number of rotatable bonds is 14. The molecule has 5 heteroatoms. The van der Waals surface area contributed by atoms with E-state index in [1.165, 1.54) is 0 Å². The first-order chi connectivity index (χ1) is 38.7. The van der Waals surface area contributed by atoms with Crippen LogP contribution in [0, 0.1) is 0 Å². The van der Waals surface area contributed by atoms with Crippen LogP contribution >= 0.6 is 0 Å². The van der Waals surface area contributed by atoms with Crippen molar-refractivity contribution in [2.45, 2.75) is 5.41 Å². The largest absolute Gasteiger partial charge is 0.457 e. The number of ether oxygens (including phenoxy) is 1. The van der Waals surface area contributed by atoms with E-state index in [2.05, 4.69) is 347 Å². The van der Waals surface area contributed by atoms with Gasteiger partial charge in [0, 0.05) is 79.4 Å². The van der Waals surface area contributed by atoms with Crippen LogP contribution < -0.4 is 24.3 Å². The lowest BCUT2D eigenvalue weighted by Crippen LogP contribution is -2.35. The molecule has 0 saturated carbocycles. The predicted molar refractivity (Wildman–Crippen MR) is 324 cm³/mol. The molecule has 12 aromatic carbocycles. The Bertz CT molecular complexity index is 3320. The van der Waals surface area contributed by atoms with Gasteiger partial charge in [0.05, 0.1) is 5.41 Å². The molecule has 0 saturated heterocycles. The van der Waals surface area contributed by atoms with Crippen LogP contribution in [0.2, 0.25) is 0 Å². The maximum absolute atomic E-state index is 7.10. The van der Waals surface area contributed by atoms with Gasteiger partial charge in [-0.2, -0.15) is 0 Å². The molecule has 1 heterocycles. The number of anilines is 12. The molecule has 372 valence electrons. The minimum Gasteiger partial charge on any atom is -0.457 e. The van der Waals surface area contributed by atoms with Gasteiger partial charge in [-0.05, 0) is 157 Å². The molecule has 12 aromatic rings. The van der Waals surface area contributed by atoms with Crippen LogP contribution in [0.5, 0.6) is 11.5 Å². The van der Waals surface area contributed by atoms with Crippen LogP contribution in [0.3, 0.4) is 0 Å². The molecule has 0 spiro atoms. The Kier molecular flexibility index (Phi) is 12.8. The minimum absolute atomic E-state index is 0.784. The van der Waals surface area contributed by atoms with Gasteiger partial charge in [-0.25, -0.2) is 0 Å². The van der Waals surface area contributed by atoms with Crippen LogP contribution in [0.15, 0.2) is 328 Å². The highest BCUT2D eigenvalue weighted by molar-refractivity contribution is 5.89. The van der Waals surface area contributed by atoms with Gasteiger partial charge in [0.25, 0.3) is 0 Å². The van der Waals surface area contributed by atoms with Crippen LogP contribution in [-0.2, 0) is 5.41 Å². The summed E-state index contributed by atoms with van der Waals surface area (Å²) in [6.45, 7) is 0. The minimum atomic E-state index is -1.03. The highest BCUT2D eigenvalue weighted by atomic mass is 16.5. The van der Waals surface area contributed by atoms with Gasteiger partial charge >= 0.3 is 0 Å². The Morgan fingerprint density at radius 3 is 0.603 bits per heavy atom. The predicted octanol–water partition coefficient (Wildman–Crippen LogP) is 20.1. The summed E-state index contributed by atoms with van der Waals surface area (Å²) in [7, 11) is 0. The lowest BCUT2D eigenvalue weighted by Gasteiger charge is -2.43. The molecule has 1 aliphatic rings. The second-order valence-corrected chi connectivity index (χ2v) is 19.3. The van der Waals surface area contributed by atoms with Gasteiger partial charge in [-0.3, -0.25) is 0 Å². The lowest BCUT2D eigenvalue weighted by atomic mass is 9.63. The van der Waals surface area contributed by atoms with E-state index in [1.807, 2.05) is 0 Å². The van der Waals surface area contributed by atoms with Crippen molar-refractivity contribution >= 4 is 68.2 Å². The topological polar surface area (TPSA) is 22.2 Å². The zero-order chi connectivity index (χ0) is 52.1. The Balaban J connectivity index is 1.21. The van der Waals surface area contributed by atoms with Crippen LogP contribution in [0.1, 0.15) is 22.3 Å². The molecule has 78 heavy (non-hydrogen) atoms. The molecule has 0 unspecified atom stereocenters. The molecule has 0 amide bonds. The summed E-state index contributed by atoms with van der Waals surface area (Å²) in [5, 5.41) is 0. The number of benzene rings is 12. The number of hydrogen-bond acceptors (Lipinski definition) is 5. The number of fused-ring (bicyclic) bond motifs is 2. The fourth-order valence-electron chi connectivity index (χ4n) is 11.3. The molecule has 0 fully saturated rings. The van der Waals surface area contributed by atoms with Crippen molar-refractivity contribution < 1.29 is 4.74 Å². The quantitative estimate of drug-likeness (QED) is 0.108. The van der Waals surface area contributed by atoms with Gasteiger partial charge in [0.2, 0.25) is 0 Å². The Morgan fingerprint density at radius 1 is 0.192 bits per heavy atom. The summed E-state index contributed by atoms with van der Waals surface area (Å²) in [5.41, 5.74) is 15.3.